The van der Waals surface area contributed by atoms with Crippen LogP contribution in [-0.4, -0.2) is 57.7 Å². The number of carbonyl (C=O) groups excluding carboxylic acids is 1. The van der Waals surface area contributed by atoms with Crippen LogP contribution < -0.4 is 4.74 Å². The highest BCUT2D eigenvalue weighted by Gasteiger charge is 2.30. The molecule has 0 bridgehead atoms. The number of aromatic nitrogens is 4. The van der Waals surface area contributed by atoms with Crippen LogP contribution in [0.4, 0.5) is 0 Å². The first-order valence-corrected chi connectivity index (χ1v) is 9.96. The smallest absolute Gasteiger partial charge is 0.257 e. The highest BCUT2D eigenvalue weighted by molar-refractivity contribution is 5.97. The van der Waals surface area contributed by atoms with Gasteiger partial charge in [0.25, 0.3) is 11.8 Å². The van der Waals surface area contributed by atoms with E-state index < -0.39 is 6.10 Å². The van der Waals surface area contributed by atoms with Crippen molar-refractivity contribution in [3.63, 3.8) is 0 Å². The number of fused-ring (bicyclic) bond motifs is 1. The van der Waals surface area contributed by atoms with E-state index in [4.69, 9.17) is 14.0 Å². The molecule has 1 saturated heterocycles. The molecule has 0 saturated carbocycles. The molecule has 1 fully saturated rings. The molecule has 4 aromatic rings. The van der Waals surface area contributed by atoms with Gasteiger partial charge in [-0.1, -0.05) is 17.3 Å². The molecule has 2 aromatic carbocycles. The SMILES string of the molecule is COc1cccc(-c2noc([C@H]3CN(C(=O)c4ccc5nc(C)[nH]c5c4)CCO3)n2)c1. The largest absolute Gasteiger partial charge is 0.497 e. The van der Waals surface area contributed by atoms with Gasteiger partial charge in [-0.05, 0) is 37.3 Å². The fourth-order valence-electron chi connectivity index (χ4n) is 3.68. The summed E-state index contributed by atoms with van der Waals surface area (Å²) in [5.74, 6) is 2.24. The second kappa shape index (κ2) is 7.84. The van der Waals surface area contributed by atoms with E-state index in [1.807, 2.05) is 43.3 Å². The molecule has 9 nitrogen and oxygen atoms in total. The van der Waals surface area contributed by atoms with Gasteiger partial charge in [-0.15, -0.1) is 0 Å². The maximum Gasteiger partial charge on any atom is 0.257 e. The first-order chi connectivity index (χ1) is 15.1. The van der Waals surface area contributed by atoms with Crippen LogP contribution >= 0.6 is 0 Å². The molecule has 0 aliphatic carbocycles. The Labute approximate surface area is 178 Å². The van der Waals surface area contributed by atoms with Crippen LogP contribution in [0.15, 0.2) is 47.0 Å². The van der Waals surface area contributed by atoms with Gasteiger partial charge in [0.15, 0.2) is 6.10 Å². The summed E-state index contributed by atoms with van der Waals surface area (Å²) < 4.78 is 16.5. The van der Waals surface area contributed by atoms with Crippen molar-refractivity contribution in [3.05, 3.63) is 59.7 Å². The standard InChI is InChI=1S/C22H21N5O4/c1-13-23-17-7-6-15(11-18(17)24-13)22(28)27-8-9-30-19(12-27)21-25-20(26-31-21)14-4-3-5-16(10-14)29-2/h3-7,10-11,19H,8-9,12H2,1-2H3,(H,23,24)/t19-/m1/s1. The van der Waals surface area contributed by atoms with Crippen LogP contribution in [0.5, 0.6) is 5.75 Å². The molecule has 1 aliphatic heterocycles. The Morgan fingerprint density at radius 2 is 2.13 bits per heavy atom. The predicted molar refractivity (Wildman–Crippen MR) is 112 cm³/mol. The maximum atomic E-state index is 13.1. The summed E-state index contributed by atoms with van der Waals surface area (Å²) in [5, 5.41) is 4.07. The predicted octanol–water partition coefficient (Wildman–Crippen LogP) is 3.14. The van der Waals surface area contributed by atoms with E-state index in [-0.39, 0.29) is 5.91 Å². The van der Waals surface area contributed by atoms with Crippen molar-refractivity contribution >= 4 is 16.9 Å². The second-order valence-electron chi connectivity index (χ2n) is 7.35. The summed E-state index contributed by atoms with van der Waals surface area (Å²) in [4.78, 5) is 26.9. The van der Waals surface area contributed by atoms with Gasteiger partial charge >= 0.3 is 0 Å². The fourth-order valence-corrected chi connectivity index (χ4v) is 3.68. The molecule has 0 unspecified atom stereocenters. The molecule has 1 aliphatic rings. The lowest BCUT2D eigenvalue weighted by molar-refractivity contribution is -0.0367. The molecule has 5 rings (SSSR count). The number of aromatic amines is 1. The van der Waals surface area contributed by atoms with Crippen LogP contribution in [0, 0.1) is 6.92 Å². The van der Waals surface area contributed by atoms with Crippen LogP contribution in [0.25, 0.3) is 22.4 Å². The number of rotatable bonds is 4. The molecule has 1 N–H and O–H groups in total. The normalized spacial score (nSPS) is 16.6. The highest BCUT2D eigenvalue weighted by Crippen LogP contribution is 2.26. The van der Waals surface area contributed by atoms with Crippen molar-refractivity contribution in [2.45, 2.75) is 13.0 Å². The summed E-state index contributed by atoms with van der Waals surface area (Å²) >= 11 is 0. The van der Waals surface area contributed by atoms with Gasteiger partial charge in [-0.25, -0.2) is 4.98 Å². The number of benzene rings is 2. The zero-order valence-corrected chi connectivity index (χ0v) is 17.2. The third kappa shape index (κ3) is 3.75. The lowest BCUT2D eigenvalue weighted by atomic mass is 10.1. The number of hydrogen-bond acceptors (Lipinski definition) is 7. The van der Waals surface area contributed by atoms with E-state index in [1.54, 1.807) is 18.1 Å². The first kappa shape index (κ1) is 19.3. The molecule has 1 amide bonds. The van der Waals surface area contributed by atoms with E-state index in [0.717, 1.165) is 22.4 Å². The number of imidazole rings is 1. The summed E-state index contributed by atoms with van der Waals surface area (Å²) in [6, 6.07) is 12.9. The van der Waals surface area contributed by atoms with Gasteiger partial charge in [0.1, 0.15) is 11.6 Å². The van der Waals surface area contributed by atoms with Crippen LogP contribution in [0.3, 0.4) is 0 Å². The number of nitrogens with zero attached hydrogens (tertiary/aromatic N) is 4. The zero-order chi connectivity index (χ0) is 21.4. The van der Waals surface area contributed by atoms with Crippen LogP contribution in [-0.2, 0) is 4.74 Å². The molecule has 9 heteroatoms. The number of ether oxygens (including phenoxy) is 2. The Hall–Kier alpha value is -3.72. The van der Waals surface area contributed by atoms with Gasteiger partial charge in [0.05, 0.1) is 31.3 Å². The number of carbonyl (C=O) groups is 1. The number of H-pyrrole nitrogens is 1. The molecule has 31 heavy (non-hydrogen) atoms. The van der Waals surface area contributed by atoms with E-state index in [9.17, 15) is 4.79 Å². The molecule has 158 valence electrons. The number of nitrogens with one attached hydrogen (secondary N) is 1. The molecule has 0 spiro atoms. The summed E-state index contributed by atoms with van der Waals surface area (Å²) in [6.45, 7) is 3.10. The Morgan fingerprint density at radius 3 is 3.00 bits per heavy atom. The van der Waals surface area contributed by atoms with Crippen molar-refractivity contribution in [2.24, 2.45) is 0 Å². The zero-order valence-electron chi connectivity index (χ0n) is 17.2. The quantitative estimate of drug-likeness (QED) is 0.541. The van der Waals surface area contributed by atoms with Gasteiger partial charge in [-0.3, -0.25) is 4.79 Å². The van der Waals surface area contributed by atoms with Gasteiger partial charge in [0, 0.05) is 17.7 Å². The highest BCUT2D eigenvalue weighted by atomic mass is 16.5. The third-order valence-corrected chi connectivity index (χ3v) is 5.25. The van der Waals surface area contributed by atoms with Crippen molar-refractivity contribution in [2.75, 3.05) is 26.8 Å². The fraction of sp³-hybridized carbons (Fsp3) is 0.273. The number of aryl methyl sites for hydroxylation is 1. The van der Waals surface area contributed by atoms with Gasteiger partial charge < -0.3 is 23.9 Å². The average Bonchev–Trinajstić information content (AvgIpc) is 3.44. The summed E-state index contributed by atoms with van der Waals surface area (Å²) in [5.41, 5.74) is 3.05. The molecular weight excluding hydrogens is 398 g/mol. The monoisotopic (exact) mass is 419 g/mol. The summed E-state index contributed by atoms with van der Waals surface area (Å²) in [7, 11) is 1.60. The minimum Gasteiger partial charge on any atom is -0.497 e. The summed E-state index contributed by atoms with van der Waals surface area (Å²) in [6.07, 6.45) is -0.484. The minimum absolute atomic E-state index is 0.0741. The van der Waals surface area contributed by atoms with Crippen molar-refractivity contribution < 1.29 is 18.8 Å². The Balaban J connectivity index is 1.34. The number of hydrogen-bond donors (Lipinski definition) is 1. The first-order valence-electron chi connectivity index (χ1n) is 9.96. The molecule has 0 radical (unpaired) electrons. The maximum absolute atomic E-state index is 13.1. The minimum atomic E-state index is -0.484. The Morgan fingerprint density at radius 1 is 1.23 bits per heavy atom. The average molecular weight is 419 g/mol. The Kier molecular flexibility index (Phi) is 4.87. The van der Waals surface area contributed by atoms with E-state index in [2.05, 4.69) is 20.1 Å². The van der Waals surface area contributed by atoms with Crippen molar-refractivity contribution in [1.29, 1.82) is 0 Å². The van der Waals surface area contributed by atoms with Crippen LogP contribution in [0.1, 0.15) is 28.2 Å². The molecular formula is C22H21N5O4. The van der Waals surface area contributed by atoms with Crippen molar-refractivity contribution in [3.8, 4) is 17.1 Å². The number of methoxy groups -OCH3 is 1. The second-order valence-corrected chi connectivity index (χ2v) is 7.35. The number of morpholine rings is 1. The lowest BCUT2D eigenvalue weighted by Crippen LogP contribution is -2.42. The lowest BCUT2D eigenvalue weighted by Gasteiger charge is -2.31. The molecule has 1 atom stereocenters. The third-order valence-electron chi connectivity index (χ3n) is 5.25. The van der Waals surface area contributed by atoms with Gasteiger partial charge in [-0.2, -0.15) is 4.98 Å². The van der Waals surface area contributed by atoms with Crippen LogP contribution in [0.2, 0.25) is 0 Å². The Bertz CT molecular complexity index is 1250. The van der Waals surface area contributed by atoms with Crippen molar-refractivity contribution in [1.82, 2.24) is 25.0 Å². The topological polar surface area (TPSA) is 106 Å². The molecule has 3 heterocycles. The van der Waals surface area contributed by atoms with E-state index in [1.165, 1.54) is 0 Å². The number of amides is 1. The van der Waals surface area contributed by atoms with Gasteiger partial charge in [0.2, 0.25) is 5.82 Å². The van der Waals surface area contributed by atoms with E-state index >= 15 is 0 Å². The molecule has 2 aromatic heterocycles. The van der Waals surface area contributed by atoms with E-state index in [0.29, 0.717) is 42.7 Å².